The molecular formula is C15H21N3. The lowest BCUT2D eigenvalue weighted by atomic mass is 9.89. The molecule has 2 aromatic rings. The number of imidazole rings is 1. The third-order valence-corrected chi connectivity index (χ3v) is 4.17. The summed E-state index contributed by atoms with van der Waals surface area (Å²) in [7, 11) is 4.10. The zero-order valence-corrected chi connectivity index (χ0v) is 11.2. The van der Waals surface area contributed by atoms with E-state index in [1.165, 1.54) is 43.4 Å². The van der Waals surface area contributed by atoms with E-state index in [2.05, 4.69) is 35.1 Å². The van der Waals surface area contributed by atoms with Gasteiger partial charge < -0.3 is 9.88 Å². The summed E-state index contributed by atoms with van der Waals surface area (Å²) in [5.74, 6) is 1.94. The molecule has 1 aliphatic carbocycles. The molecule has 1 aliphatic rings. The van der Waals surface area contributed by atoms with Crippen LogP contribution in [0.5, 0.6) is 0 Å². The Labute approximate surface area is 108 Å². The number of aromatic nitrogens is 2. The third-order valence-electron chi connectivity index (χ3n) is 4.17. The molecule has 0 spiro atoms. The minimum Gasteiger partial charge on any atom is -0.388 e. The van der Waals surface area contributed by atoms with Crippen molar-refractivity contribution < 1.29 is 0 Å². The van der Waals surface area contributed by atoms with Gasteiger partial charge in [0.25, 0.3) is 0 Å². The van der Waals surface area contributed by atoms with Gasteiger partial charge in [0.1, 0.15) is 5.82 Å². The van der Waals surface area contributed by atoms with Crippen LogP contribution in [0.4, 0.5) is 5.69 Å². The Bertz CT molecular complexity index is 550. The number of hydrogen-bond acceptors (Lipinski definition) is 2. The van der Waals surface area contributed by atoms with Gasteiger partial charge in [-0.25, -0.2) is 4.98 Å². The average molecular weight is 243 g/mol. The van der Waals surface area contributed by atoms with Crippen molar-refractivity contribution in [2.24, 2.45) is 7.05 Å². The van der Waals surface area contributed by atoms with E-state index in [0.29, 0.717) is 5.92 Å². The maximum Gasteiger partial charge on any atom is 0.112 e. The van der Waals surface area contributed by atoms with E-state index in [0.717, 1.165) is 11.2 Å². The van der Waals surface area contributed by atoms with E-state index in [-0.39, 0.29) is 0 Å². The first-order valence-corrected chi connectivity index (χ1v) is 6.93. The van der Waals surface area contributed by atoms with E-state index in [9.17, 15) is 0 Å². The maximum absolute atomic E-state index is 4.87. The first-order valence-electron chi connectivity index (χ1n) is 6.93. The molecule has 0 aliphatic heterocycles. The summed E-state index contributed by atoms with van der Waals surface area (Å²) in [6.45, 7) is 0. The predicted molar refractivity (Wildman–Crippen MR) is 76.1 cm³/mol. The fourth-order valence-corrected chi connectivity index (χ4v) is 3.10. The molecule has 1 N–H and O–H groups in total. The maximum atomic E-state index is 4.87. The van der Waals surface area contributed by atoms with Gasteiger partial charge in [0.05, 0.1) is 11.0 Å². The normalized spacial score (nSPS) is 17.2. The van der Waals surface area contributed by atoms with Crippen LogP contribution in [0, 0.1) is 0 Å². The topological polar surface area (TPSA) is 29.9 Å². The van der Waals surface area contributed by atoms with Crippen molar-refractivity contribution >= 4 is 16.7 Å². The number of nitrogens with one attached hydrogen (secondary N) is 1. The van der Waals surface area contributed by atoms with E-state index in [4.69, 9.17) is 4.98 Å². The van der Waals surface area contributed by atoms with Gasteiger partial charge in [-0.1, -0.05) is 19.3 Å². The largest absolute Gasteiger partial charge is 0.388 e. The van der Waals surface area contributed by atoms with E-state index in [1.54, 1.807) is 0 Å². The third kappa shape index (κ3) is 1.88. The second-order valence-corrected chi connectivity index (χ2v) is 5.32. The Morgan fingerprint density at radius 2 is 2.00 bits per heavy atom. The van der Waals surface area contributed by atoms with Crippen molar-refractivity contribution in [2.45, 2.75) is 38.0 Å². The lowest BCUT2D eigenvalue weighted by Gasteiger charge is -2.20. The highest BCUT2D eigenvalue weighted by atomic mass is 15.1. The summed E-state index contributed by atoms with van der Waals surface area (Å²) in [5, 5.41) is 3.18. The van der Waals surface area contributed by atoms with Crippen LogP contribution in [-0.4, -0.2) is 16.6 Å². The predicted octanol–water partition coefficient (Wildman–Crippen LogP) is 3.66. The van der Waals surface area contributed by atoms with Crippen LogP contribution in [0.15, 0.2) is 18.2 Å². The van der Waals surface area contributed by atoms with Crippen LogP contribution >= 0.6 is 0 Å². The number of benzene rings is 1. The average Bonchev–Trinajstić information content (AvgIpc) is 2.76. The molecule has 3 heteroatoms. The molecule has 96 valence electrons. The molecule has 1 heterocycles. The molecule has 1 aromatic carbocycles. The molecule has 0 radical (unpaired) electrons. The van der Waals surface area contributed by atoms with Crippen LogP contribution in [0.1, 0.15) is 43.8 Å². The number of nitrogens with zero attached hydrogens (tertiary/aromatic N) is 2. The number of anilines is 1. The minimum atomic E-state index is 0.661. The smallest absolute Gasteiger partial charge is 0.112 e. The zero-order chi connectivity index (χ0) is 12.5. The van der Waals surface area contributed by atoms with Gasteiger partial charge in [-0.3, -0.25) is 0 Å². The van der Waals surface area contributed by atoms with Crippen molar-refractivity contribution in [3.63, 3.8) is 0 Å². The molecule has 18 heavy (non-hydrogen) atoms. The fraction of sp³-hybridized carbons (Fsp3) is 0.533. The highest BCUT2D eigenvalue weighted by molar-refractivity contribution is 5.80. The first kappa shape index (κ1) is 11.6. The van der Waals surface area contributed by atoms with Crippen molar-refractivity contribution in [1.82, 2.24) is 9.55 Å². The van der Waals surface area contributed by atoms with Crippen LogP contribution in [0.2, 0.25) is 0 Å². The van der Waals surface area contributed by atoms with Gasteiger partial charge >= 0.3 is 0 Å². The van der Waals surface area contributed by atoms with E-state index < -0.39 is 0 Å². The van der Waals surface area contributed by atoms with Crippen molar-refractivity contribution in [3.8, 4) is 0 Å². The molecule has 0 amide bonds. The second-order valence-electron chi connectivity index (χ2n) is 5.32. The fourth-order valence-electron chi connectivity index (χ4n) is 3.10. The SMILES string of the molecule is CNc1ccc2c(c1)nc(C1CCCCC1)n2C. The Morgan fingerprint density at radius 1 is 1.22 bits per heavy atom. The minimum absolute atomic E-state index is 0.661. The van der Waals surface area contributed by atoms with Gasteiger partial charge in [0.15, 0.2) is 0 Å². The van der Waals surface area contributed by atoms with Crippen LogP contribution in [0.25, 0.3) is 11.0 Å². The molecule has 0 saturated heterocycles. The summed E-state index contributed by atoms with van der Waals surface area (Å²) in [4.78, 5) is 4.87. The molecule has 3 nitrogen and oxygen atoms in total. The van der Waals surface area contributed by atoms with Crippen LogP contribution in [0.3, 0.4) is 0 Å². The highest BCUT2D eigenvalue weighted by Crippen LogP contribution is 2.33. The van der Waals surface area contributed by atoms with Gasteiger partial charge in [0, 0.05) is 25.7 Å². The highest BCUT2D eigenvalue weighted by Gasteiger charge is 2.20. The Hall–Kier alpha value is -1.51. The number of hydrogen-bond donors (Lipinski definition) is 1. The summed E-state index contributed by atoms with van der Waals surface area (Å²) in [6.07, 6.45) is 6.71. The molecule has 1 aromatic heterocycles. The lowest BCUT2D eigenvalue weighted by Crippen LogP contribution is -2.09. The second kappa shape index (κ2) is 4.63. The zero-order valence-electron chi connectivity index (χ0n) is 11.2. The van der Waals surface area contributed by atoms with Gasteiger partial charge in [-0.15, -0.1) is 0 Å². The first-order chi connectivity index (χ1) is 8.79. The quantitative estimate of drug-likeness (QED) is 0.872. The Kier molecular flexibility index (Phi) is 2.98. The Morgan fingerprint density at radius 3 is 2.72 bits per heavy atom. The molecule has 0 bridgehead atoms. The standard InChI is InChI=1S/C15H21N3/c1-16-12-8-9-14-13(10-12)17-15(18(14)2)11-6-4-3-5-7-11/h8-11,16H,3-7H2,1-2H3. The monoisotopic (exact) mass is 243 g/mol. The van der Waals surface area contributed by atoms with Crippen molar-refractivity contribution in [2.75, 3.05) is 12.4 Å². The summed E-state index contributed by atoms with van der Waals surface area (Å²) in [5.41, 5.74) is 3.50. The van der Waals surface area contributed by atoms with E-state index in [1.807, 2.05) is 7.05 Å². The van der Waals surface area contributed by atoms with Crippen molar-refractivity contribution in [3.05, 3.63) is 24.0 Å². The molecule has 0 atom stereocenters. The molecule has 1 fully saturated rings. The molecule has 1 saturated carbocycles. The van der Waals surface area contributed by atoms with Crippen molar-refractivity contribution in [1.29, 1.82) is 0 Å². The number of fused-ring (bicyclic) bond motifs is 1. The summed E-state index contributed by atoms with van der Waals surface area (Å²) in [6, 6.07) is 6.43. The Balaban J connectivity index is 2.04. The van der Waals surface area contributed by atoms with Gasteiger partial charge in [0.2, 0.25) is 0 Å². The molecule has 0 unspecified atom stereocenters. The lowest BCUT2D eigenvalue weighted by molar-refractivity contribution is 0.423. The van der Waals surface area contributed by atoms with Gasteiger partial charge in [-0.05, 0) is 31.0 Å². The van der Waals surface area contributed by atoms with Gasteiger partial charge in [-0.2, -0.15) is 0 Å². The summed E-state index contributed by atoms with van der Waals surface area (Å²) >= 11 is 0. The van der Waals surface area contributed by atoms with E-state index >= 15 is 0 Å². The van der Waals surface area contributed by atoms with Crippen LogP contribution in [-0.2, 0) is 7.05 Å². The molecular weight excluding hydrogens is 222 g/mol. The van der Waals surface area contributed by atoms with Crippen LogP contribution < -0.4 is 5.32 Å². The number of rotatable bonds is 2. The summed E-state index contributed by atoms with van der Waals surface area (Å²) < 4.78 is 2.28. The number of aryl methyl sites for hydroxylation is 1. The molecule has 3 rings (SSSR count).